The van der Waals surface area contributed by atoms with E-state index in [2.05, 4.69) is 35.7 Å². The summed E-state index contributed by atoms with van der Waals surface area (Å²) in [6, 6.07) is 28.8. The van der Waals surface area contributed by atoms with Crippen molar-refractivity contribution in [1.82, 2.24) is 19.6 Å². The van der Waals surface area contributed by atoms with Gasteiger partial charge in [0.05, 0.1) is 28.2 Å². The summed E-state index contributed by atoms with van der Waals surface area (Å²) >= 11 is 0. The minimum atomic E-state index is -0.413. The number of nitroso groups, excluding NO2 is 1. The molecule has 11 heteroatoms. The highest BCUT2D eigenvalue weighted by Gasteiger charge is 2.30. The van der Waals surface area contributed by atoms with Crippen LogP contribution in [0.2, 0.25) is 0 Å². The first kappa shape index (κ1) is 37.7. The maximum Gasteiger partial charge on any atom is 0.274 e. The van der Waals surface area contributed by atoms with Gasteiger partial charge in [-0.2, -0.15) is 5.10 Å². The maximum absolute atomic E-state index is 14.7. The van der Waals surface area contributed by atoms with Crippen LogP contribution in [0, 0.1) is 11.8 Å². The monoisotopic (exact) mass is 725 g/mol. The third-order valence-corrected chi connectivity index (χ3v) is 9.88. The van der Waals surface area contributed by atoms with Crippen molar-refractivity contribution in [2.24, 2.45) is 5.18 Å². The first-order valence-electron chi connectivity index (χ1n) is 18.7. The van der Waals surface area contributed by atoms with E-state index in [9.17, 15) is 19.3 Å². The molecule has 278 valence electrons. The summed E-state index contributed by atoms with van der Waals surface area (Å²) in [6.45, 7) is 9.89. The number of hydrogen-bond acceptors (Lipinski definition) is 7. The van der Waals surface area contributed by atoms with Crippen molar-refractivity contribution in [3.8, 4) is 5.69 Å². The van der Waals surface area contributed by atoms with Crippen molar-refractivity contribution in [1.29, 1.82) is 0 Å². The molecule has 0 fully saturated rings. The van der Waals surface area contributed by atoms with Gasteiger partial charge in [0.2, 0.25) is 0 Å². The Kier molecular flexibility index (Phi) is 12.0. The summed E-state index contributed by atoms with van der Waals surface area (Å²) < 4.78 is 1.66. The summed E-state index contributed by atoms with van der Waals surface area (Å²) in [6.07, 6.45) is 4.48. The summed E-state index contributed by atoms with van der Waals surface area (Å²) in [5.41, 5.74) is 6.10. The van der Waals surface area contributed by atoms with Crippen molar-refractivity contribution >= 4 is 40.5 Å². The lowest BCUT2D eigenvalue weighted by Crippen LogP contribution is -2.43. The normalized spacial score (nSPS) is 13.6. The molecule has 6 rings (SSSR count). The Labute approximate surface area is 316 Å². The number of nitrogens with zero attached hydrogens (tertiary/aromatic N) is 5. The number of carbonyl (C=O) groups excluding carboxylic acids is 3. The molecule has 1 unspecified atom stereocenters. The number of para-hydroxylation sites is 2. The van der Waals surface area contributed by atoms with E-state index in [1.807, 2.05) is 41.8 Å². The van der Waals surface area contributed by atoms with E-state index in [4.69, 9.17) is 5.10 Å². The molecular formula is C43H47N7O4. The van der Waals surface area contributed by atoms with Gasteiger partial charge in [-0.05, 0) is 97.9 Å². The Morgan fingerprint density at radius 1 is 0.833 bits per heavy atom. The third-order valence-electron chi connectivity index (χ3n) is 9.88. The van der Waals surface area contributed by atoms with Gasteiger partial charge in [0, 0.05) is 37.1 Å². The molecule has 5 aromatic rings. The zero-order valence-corrected chi connectivity index (χ0v) is 31.3. The summed E-state index contributed by atoms with van der Waals surface area (Å²) in [7, 11) is 0. The van der Waals surface area contributed by atoms with Gasteiger partial charge in [-0.25, -0.2) is 4.68 Å². The summed E-state index contributed by atoms with van der Waals surface area (Å²) in [5.74, 6) is -0.752. The van der Waals surface area contributed by atoms with Gasteiger partial charge in [0.25, 0.3) is 17.7 Å². The number of aromatic nitrogens is 2. The van der Waals surface area contributed by atoms with E-state index in [1.54, 1.807) is 77.5 Å². The van der Waals surface area contributed by atoms with Crippen LogP contribution >= 0.6 is 0 Å². The molecule has 54 heavy (non-hydrogen) atoms. The number of benzene rings is 4. The number of anilines is 3. The molecule has 0 bridgehead atoms. The van der Waals surface area contributed by atoms with Crippen LogP contribution in [-0.2, 0) is 13.0 Å². The number of rotatable bonds is 14. The lowest BCUT2D eigenvalue weighted by molar-refractivity contribution is 0.0657. The van der Waals surface area contributed by atoms with Gasteiger partial charge in [0.15, 0.2) is 5.69 Å². The highest BCUT2D eigenvalue weighted by atomic mass is 16.3. The summed E-state index contributed by atoms with van der Waals surface area (Å²) in [4.78, 5) is 57.5. The van der Waals surface area contributed by atoms with Crippen LogP contribution < -0.4 is 10.6 Å². The van der Waals surface area contributed by atoms with E-state index in [1.165, 1.54) is 5.56 Å². The van der Waals surface area contributed by atoms with Gasteiger partial charge in [0.1, 0.15) is 5.69 Å². The second-order valence-corrected chi connectivity index (χ2v) is 13.8. The van der Waals surface area contributed by atoms with Gasteiger partial charge in [-0.1, -0.05) is 75.2 Å². The molecule has 2 N–H and O–H groups in total. The maximum atomic E-state index is 14.7. The minimum absolute atomic E-state index is 0.0817. The lowest BCUT2D eigenvalue weighted by atomic mass is 9.94. The fourth-order valence-electron chi connectivity index (χ4n) is 6.87. The molecule has 0 radical (unpaired) electrons. The van der Waals surface area contributed by atoms with Gasteiger partial charge >= 0.3 is 0 Å². The standard InChI is InChI=1S/C43H47N7O4/c1-5-7-23-48(24-8-6-2)43(53)39-26-30(4)50(46-39)40-22-21-33(27-35(40)42(52)49-28-32-16-10-9-15-31(32)25-29(49)3)44-41(51)34-17-11-12-18-36(34)45-37-19-13-14-20-38(37)47-54/h9-22,26-27,29,45H,5-8,23-25,28H2,1-4H3,(H,44,51). The lowest BCUT2D eigenvalue weighted by Gasteiger charge is -2.35. The van der Waals surface area contributed by atoms with Crippen LogP contribution in [0.5, 0.6) is 0 Å². The van der Waals surface area contributed by atoms with E-state index >= 15 is 0 Å². The number of unbranched alkanes of at least 4 members (excludes halogenated alkanes) is 2. The molecule has 2 heterocycles. The summed E-state index contributed by atoms with van der Waals surface area (Å²) in [5, 5.41) is 14.0. The topological polar surface area (TPSA) is 129 Å². The average Bonchev–Trinajstić information content (AvgIpc) is 3.58. The Morgan fingerprint density at radius 3 is 2.22 bits per heavy atom. The third kappa shape index (κ3) is 8.25. The molecule has 1 aromatic heterocycles. The fourth-order valence-corrected chi connectivity index (χ4v) is 6.87. The molecule has 0 saturated carbocycles. The second kappa shape index (κ2) is 17.2. The zero-order valence-electron chi connectivity index (χ0n) is 31.3. The average molecular weight is 726 g/mol. The molecule has 1 aliphatic heterocycles. The van der Waals surface area contributed by atoms with Gasteiger partial charge in [-0.15, -0.1) is 4.91 Å². The molecule has 0 spiro atoms. The molecule has 0 saturated heterocycles. The molecule has 4 aromatic carbocycles. The van der Waals surface area contributed by atoms with Crippen LogP contribution in [-0.4, -0.2) is 56.4 Å². The SMILES string of the molecule is CCCCN(CCCC)C(=O)c1cc(C)n(-c2ccc(NC(=O)c3ccccc3Nc3ccccc3N=O)cc2C(=O)N2Cc3ccccc3CC2C)n1. The van der Waals surface area contributed by atoms with Crippen molar-refractivity contribution < 1.29 is 14.4 Å². The van der Waals surface area contributed by atoms with E-state index < -0.39 is 5.91 Å². The van der Waals surface area contributed by atoms with Crippen LogP contribution in [0.1, 0.15) is 94.5 Å². The van der Waals surface area contributed by atoms with E-state index in [0.717, 1.165) is 31.2 Å². The smallest absolute Gasteiger partial charge is 0.274 e. The molecule has 1 aliphatic rings. The number of carbonyl (C=O) groups is 3. The molecule has 3 amide bonds. The number of fused-ring (bicyclic) bond motifs is 1. The Morgan fingerprint density at radius 2 is 1.50 bits per heavy atom. The van der Waals surface area contributed by atoms with Crippen LogP contribution in [0.25, 0.3) is 5.69 Å². The van der Waals surface area contributed by atoms with Gasteiger partial charge in [-0.3, -0.25) is 14.4 Å². The van der Waals surface area contributed by atoms with Crippen molar-refractivity contribution in [2.75, 3.05) is 23.7 Å². The minimum Gasteiger partial charge on any atom is -0.353 e. The number of hydrogen-bond donors (Lipinski definition) is 2. The zero-order chi connectivity index (χ0) is 38.2. The van der Waals surface area contributed by atoms with E-state index in [0.29, 0.717) is 71.3 Å². The van der Waals surface area contributed by atoms with Crippen LogP contribution in [0.3, 0.4) is 0 Å². The van der Waals surface area contributed by atoms with Crippen molar-refractivity contribution in [2.45, 2.75) is 72.4 Å². The fraction of sp³-hybridized carbons (Fsp3) is 0.302. The van der Waals surface area contributed by atoms with Crippen molar-refractivity contribution in [3.63, 3.8) is 0 Å². The predicted octanol–water partition coefficient (Wildman–Crippen LogP) is 9.20. The predicted molar refractivity (Wildman–Crippen MR) is 213 cm³/mol. The van der Waals surface area contributed by atoms with Gasteiger partial charge < -0.3 is 20.4 Å². The first-order valence-corrected chi connectivity index (χ1v) is 18.7. The molecule has 11 nitrogen and oxygen atoms in total. The quantitative estimate of drug-likeness (QED) is 0.110. The van der Waals surface area contributed by atoms with Crippen molar-refractivity contribution in [3.05, 3.63) is 136 Å². The molecule has 1 atom stereocenters. The highest BCUT2D eigenvalue weighted by molar-refractivity contribution is 6.09. The second-order valence-electron chi connectivity index (χ2n) is 13.8. The first-order chi connectivity index (χ1) is 26.2. The van der Waals surface area contributed by atoms with Crippen LogP contribution in [0.4, 0.5) is 22.7 Å². The van der Waals surface area contributed by atoms with E-state index in [-0.39, 0.29) is 23.5 Å². The largest absolute Gasteiger partial charge is 0.353 e. The number of aryl methyl sites for hydroxylation is 1. The molecular weight excluding hydrogens is 679 g/mol. The Hall–Kier alpha value is -6.10. The Bertz CT molecular complexity index is 2150. The van der Waals surface area contributed by atoms with Crippen LogP contribution in [0.15, 0.2) is 102 Å². The molecule has 0 aliphatic carbocycles. The number of amides is 3. The highest BCUT2D eigenvalue weighted by Crippen LogP contribution is 2.31. The number of nitrogens with one attached hydrogen (secondary N) is 2. The Balaban J connectivity index is 1.36.